The number of nitrogens with zero attached hydrogens (tertiary/aromatic N) is 1. The maximum Gasteiger partial charge on any atom is 0.427 e. The fourth-order valence-electron chi connectivity index (χ4n) is 3.72. The van der Waals surface area contributed by atoms with Crippen molar-refractivity contribution in [2.45, 2.75) is 36.6 Å². The summed E-state index contributed by atoms with van der Waals surface area (Å²) in [5.74, 6) is -0.980. The lowest BCUT2D eigenvalue weighted by molar-refractivity contribution is -0.242. The van der Waals surface area contributed by atoms with E-state index in [1.165, 1.54) is 18.2 Å². The van der Waals surface area contributed by atoms with Crippen LogP contribution in [0.1, 0.15) is 13.8 Å². The van der Waals surface area contributed by atoms with E-state index < -0.39 is 39.8 Å². The highest BCUT2D eigenvalue weighted by molar-refractivity contribution is 7.92. The normalized spacial score (nSPS) is 17.9. The predicted molar refractivity (Wildman–Crippen MR) is 131 cm³/mol. The van der Waals surface area contributed by atoms with Gasteiger partial charge in [-0.1, -0.05) is 0 Å². The highest BCUT2D eigenvalue weighted by Crippen LogP contribution is 2.39. The van der Waals surface area contributed by atoms with E-state index in [1.54, 1.807) is 0 Å². The van der Waals surface area contributed by atoms with Crippen molar-refractivity contribution in [2.75, 3.05) is 35.8 Å². The standard InChI is InChI=1S/C24H26F4N4O6S/c1-23(2,24(26,27)28)38-22(34)31-16-5-8-20-19(9-16)32(39(35,36)18-6-3-15(25)4-7-18)13-17(37-20)12-30-21(33)14-10-29-11-14/h3-9,14,17,29H,10-13H2,1-2H3,(H,30,33)(H,31,34)/t17-/m0/s1. The van der Waals surface area contributed by atoms with Gasteiger partial charge >= 0.3 is 12.3 Å². The zero-order chi connectivity index (χ0) is 28.6. The van der Waals surface area contributed by atoms with Crippen molar-refractivity contribution in [3.63, 3.8) is 0 Å². The van der Waals surface area contributed by atoms with E-state index in [2.05, 4.69) is 20.7 Å². The van der Waals surface area contributed by atoms with Crippen LogP contribution in [0.3, 0.4) is 0 Å². The number of fused-ring (bicyclic) bond motifs is 1. The molecule has 3 N–H and O–H groups in total. The van der Waals surface area contributed by atoms with Gasteiger partial charge in [-0.2, -0.15) is 13.2 Å². The first kappa shape index (κ1) is 28.4. The zero-order valence-corrected chi connectivity index (χ0v) is 21.7. The summed E-state index contributed by atoms with van der Waals surface area (Å²) in [4.78, 5) is 24.2. The average Bonchev–Trinajstić information content (AvgIpc) is 2.80. The lowest BCUT2D eigenvalue weighted by Crippen LogP contribution is -2.54. The molecule has 0 aromatic heterocycles. The minimum absolute atomic E-state index is 0.0108. The molecule has 1 atom stereocenters. The second kappa shape index (κ2) is 10.5. The summed E-state index contributed by atoms with van der Waals surface area (Å²) in [5, 5.41) is 7.88. The molecule has 2 aromatic carbocycles. The number of hydrogen-bond acceptors (Lipinski definition) is 7. The van der Waals surface area contributed by atoms with E-state index in [1.807, 2.05) is 0 Å². The molecule has 0 bridgehead atoms. The number of sulfonamides is 1. The van der Waals surface area contributed by atoms with E-state index in [4.69, 9.17) is 4.74 Å². The quantitative estimate of drug-likeness (QED) is 0.434. The van der Waals surface area contributed by atoms with Crippen LogP contribution in [0.4, 0.5) is 33.7 Å². The third-order valence-corrected chi connectivity index (χ3v) is 8.02. The maximum absolute atomic E-state index is 13.6. The molecule has 39 heavy (non-hydrogen) atoms. The van der Waals surface area contributed by atoms with Crippen molar-refractivity contribution in [1.29, 1.82) is 0 Å². The Labute approximate surface area is 221 Å². The summed E-state index contributed by atoms with van der Waals surface area (Å²) in [6, 6.07) is 7.95. The maximum atomic E-state index is 13.6. The van der Waals surface area contributed by atoms with Gasteiger partial charge in [-0.25, -0.2) is 17.6 Å². The van der Waals surface area contributed by atoms with Crippen LogP contribution in [-0.2, 0) is 19.6 Å². The van der Waals surface area contributed by atoms with Crippen molar-refractivity contribution in [3.8, 4) is 5.75 Å². The first-order valence-electron chi connectivity index (χ1n) is 11.8. The number of halogens is 4. The number of carbonyl (C=O) groups is 2. The van der Waals surface area contributed by atoms with Gasteiger partial charge in [0, 0.05) is 18.8 Å². The summed E-state index contributed by atoms with van der Waals surface area (Å²) in [7, 11) is -4.30. The Kier molecular flexibility index (Phi) is 7.67. The summed E-state index contributed by atoms with van der Waals surface area (Å²) < 4.78 is 91.2. The molecule has 2 aliphatic heterocycles. The highest BCUT2D eigenvalue weighted by Gasteiger charge is 2.51. The Bertz CT molecular complexity index is 1350. The van der Waals surface area contributed by atoms with Crippen LogP contribution in [0, 0.1) is 11.7 Å². The van der Waals surface area contributed by atoms with Gasteiger partial charge in [-0.15, -0.1) is 0 Å². The largest absolute Gasteiger partial charge is 0.484 e. The molecule has 0 spiro atoms. The van der Waals surface area contributed by atoms with Crippen LogP contribution in [0.25, 0.3) is 0 Å². The molecule has 15 heteroatoms. The van der Waals surface area contributed by atoms with Crippen LogP contribution < -0.4 is 25.0 Å². The van der Waals surface area contributed by atoms with Crippen molar-refractivity contribution >= 4 is 33.4 Å². The number of benzene rings is 2. The van der Waals surface area contributed by atoms with Gasteiger partial charge in [-0.3, -0.25) is 14.4 Å². The SMILES string of the molecule is CC(C)(OC(=O)Nc1ccc2c(c1)N(S(=O)(=O)c1ccc(F)cc1)C[C@H](CNC(=O)C1CNC1)O2)C(F)(F)F. The molecule has 2 amide bonds. The Balaban J connectivity index is 1.60. The second-order valence-electron chi connectivity index (χ2n) is 9.54. The number of alkyl halides is 3. The minimum atomic E-state index is -4.83. The van der Waals surface area contributed by atoms with E-state index in [-0.39, 0.29) is 46.9 Å². The molecule has 2 aliphatic rings. The van der Waals surface area contributed by atoms with Crippen molar-refractivity contribution < 1.29 is 45.0 Å². The molecule has 4 rings (SSSR count). The molecule has 0 aliphatic carbocycles. The lowest BCUT2D eigenvalue weighted by Gasteiger charge is -2.36. The van der Waals surface area contributed by atoms with Crippen LogP contribution in [0.15, 0.2) is 47.4 Å². The van der Waals surface area contributed by atoms with Gasteiger partial charge in [0.2, 0.25) is 11.5 Å². The smallest absolute Gasteiger partial charge is 0.427 e. The number of carbonyl (C=O) groups excluding carboxylic acids is 2. The van der Waals surface area contributed by atoms with E-state index in [9.17, 15) is 35.6 Å². The fourth-order valence-corrected chi connectivity index (χ4v) is 5.22. The van der Waals surface area contributed by atoms with Crippen molar-refractivity contribution in [1.82, 2.24) is 10.6 Å². The molecule has 0 radical (unpaired) electrons. The molecule has 0 unspecified atom stereocenters. The zero-order valence-electron chi connectivity index (χ0n) is 20.8. The Hall–Kier alpha value is -3.59. The van der Waals surface area contributed by atoms with Crippen molar-refractivity contribution in [2.24, 2.45) is 5.92 Å². The topological polar surface area (TPSA) is 126 Å². The first-order chi connectivity index (χ1) is 18.2. The van der Waals surface area contributed by atoms with Gasteiger partial charge in [0.25, 0.3) is 10.0 Å². The number of amides is 2. The molecule has 0 saturated carbocycles. The van der Waals surface area contributed by atoms with Crippen LogP contribution in [-0.4, -0.2) is 64.5 Å². The Morgan fingerprint density at radius 2 is 1.79 bits per heavy atom. The molecule has 212 valence electrons. The molecular formula is C24H26F4N4O6S. The van der Waals surface area contributed by atoms with Gasteiger partial charge in [-0.05, 0) is 56.3 Å². The first-order valence-corrected chi connectivity index (χ1v) is 13.3. The molecule has 1 saturated heterocycles. The molecular weight excluding hydrogens is 548 g/mol. The van der Waals surface area contributed by atoms with E-state index in [0.29, 0.717) is 26.9 Å². The predicted octanol–water partition coefficient (Wildman–Crippen LogP) is 3.01. The monoisotopic (exact) mass is 574 g/mol. The van der Waals surface area contributed by atoms with Crippen LogP contribution in [0.2, 0.25) is 0 Å². The van der Waals surface area contributed by atoms with Crippen molar-refractivity contribution in [3.05, 3.63) is 48.3 Å². The molecule has 2 aromatic rings. The summed E-state index contributed by atoms with van der Waals surface area (Å²) >= 11 is 0. The molecule has 10 nitrogen and oxygen atoms in total. The molecule has 2 heterocycles. The Morgan fingerprint density at radius 1 is 1.13 bits per heavy atom. The van der Waals surface area contributed by atoms with Crippen LogP contribution >= 0.6 is 0 Å². The number of nitrogens with one attached hydrogen (secondary N) is 3. The van der Waals surface area contributed by atoms with Crippen LogP contribution in [0.5, 0.6) is 5.75 Å². The highest BCUT2D eigenvalue weighted by atomic mass is 32.2. The minimum Gasteiger partial charge on any atom is -0.484 e. The molecule has 1 fully saturated rings. The average molecular weight is 575 g/mol. The summed E-state index contributed by atoms with van der Waals surface area (Å²) in [6.07, 6.45) is -7.04. The number of ether oxygens (including phenoxy) is 2. The third-order valence-electron chi connectivity index (χ3n) is 6.23. The lowest BCUT2D eigenvalue weighted by atomic mass is 10.0. The summed E-state index contributed by atoms with van der Waals surface area (Å²) in [5.41, 5.74) is -2.87. The fraction of sp³-hybridized carbons (Fsp3) is 0.417. The number of rotatable bonds is 7. The number of hydrogen-bond donors (Lipinski definition) is 3. The third kappa shape index (κ3) is 6.19. The number of anilines is 2. The van der Waals surface area contributed by atoms with Gasteiger partial charge < -0.3 is 20.1 Å². The summed E-state index contributed by atoms with van der Waals surface area (Å²) in [6.45, 7) is 2.16. The second-order valence-corrected chi connectivity index (χ2v) is 11.4. The van der Waals surface area contributed by atoms with Gasteiger partial charge in [0.15, 0.2) is 0 Å². The van der Waals surface area contributed by atoms with E-state index >= 15 is 0 Å². The van der Waals surface area contributed by atoms with E-state index in [0.717, 1.165) is 28.6 Å². The Morgan fingerprint density at radius 3 is 2.38 bits per heavy atom. The van der Waals surface area contributed by atoms with Gasteiger partial charge in [0.1, 0.15) is 17.7 Å². The van der Waals surface area contributed by atoms with Gasteiger partial charge in [0.05, 0.1) is 29.6 Å².